The van der Waals surface area contributed by atoms with Gasteiger partial charge in [0, 0.05) is 36.1 Å². The molecule has 0 saturated carbocycles. The number of rotatable bonds is 7. The van der Waals surface area contributed by atoms with Gasteiger partial charge < -0.3 is 5.32 Å². The average molecular weight is 525 g/mol. The van der Waals surface area contributed by atoms with Gasteiger partial charge in [-0.1, -0.05) is 54.6 Å². The number of nitrogens with one attached hydrogen (secondary N) is 1. The summed E-state index contributed by atoms with van der Waals surface area (Å²) < 4.78 is 27.5. The first kappa shape index (κ1) is 25.9. The zero-order valence-electron chi connectivity index (χ0n) is 21.4. The van der Waals surface area contributed by atoms with Crippen molar-refractivity contribution in [3.05, 3.63) is 114 Å². The Bertz CT molecular complexity index is 1550. The number of carbonyl (C=O) groups excluding carboxylic acids is 2. The fraction of sp³-hybridized carbons (Fsp3) is 0.161. The summed E-state index contributed by atoms with van der Waals surface area (Å²) in [5, 5.41) is 8.21. The molecule has 0 aliphatic carbocycles. The lowest BCUT2D eigenvalue weighted by atomic mass is 9.95. The predicted octanol–water partition coefficient (Wildman–Crippen LogP) is 6.43. The molecule has 1 aliphatic rings. The molecule has 0 fully saturated rings. The second-order valence-electron chi connectivity index (χ2n) is 9.53. The highest BCUT2D eigenvalue weighted by molar-refractivity contribution is 6.28. The molecular formula is C31H26F2N4O2. The lowest BCUT2D eigenvalue weighted by molar-refractivity contribution is -0.127. The lowest BCUT2D eigenvalue weighted by Gasteiger charge is -2.18. The molecule has 0 radical (unpaired) electrons. The largest absolute Gasteiger partial charge is 0.325 e. The molecule has 1 atom stereocenters. The molecule has 2 amide bonds. The third-order valence-electron chi connectivity index (χ3n) is 6.58. The Kier molecular flexibility index (Phi) is 7.02. The van der Waals surface area contributed by atoms with Crippen LogP contribution in [0.2, 0.25) is 0 Å². The summed E-state index contributed by atoms with van der Waals surface area (Å²) in [7, 11) is 0. The smallest absolute Gasteiger partial charge is 0.270 e. The molecule has 3 aromatic carbocycles. The maximum atomic E-state index is 13.7. The van der Waals surface area contributed by atoms with Crippen molar-refractivity contribution < 1.29 is 18.4 Å². The van der Waals surface area contributed by atoms with E-state index in [1.165, 1.54) is 29.3 Å². The van der Waals surface area contributed by atoms with Crippen LogP contribution in [0.3, 0.4) is 0 Å². The first-order chi connectivity index (χ1) is 18.7. The third kappa shape index (κ3) is 5.60. The predicted molar refractivity (Wildman–Crippen MR) is 148 cm³/mol. The summed E-state index contributed by atoms with van der Waals surface area (Å²) in [5.74, 6) is -5.39. The highest BCUT2D eigenvalue weighted by Gasteiger charge is 2.40. The first-order valence-corrected chi connectivity index (χ1v) is 12.5. The van der Waals surface area contributed by atoms with Crippen molar-refractivity contribution in [2.75, 3.05) is 10.3 Å². The number of nitrogens with zero attached hydrogens (tertiary/aromatic N) is 3. The summed E-state index contributed by atoms with van der Waals surface area (Å²) in [4.78, 5) is 30.8. The topological polar surface area (TPSA) is 74.7 Å². The Balaban J connectivity index is 1.42. The summed E-state index contributed by atoms with van der Waals surface area (Å²) in [5.41, 5.74) is 4.75. The monoisotopic (exact) mass is 524 g/mol. The number of hydrogen-bond donors (Lipinski definition) is 1. The fourth-order valence-corrected chi connectivity index (χ4v) is 4.59. The van der Waals surface area contributed by atoms with E-state index in [1.807, 2.05) is 42.5 Å². The van der Waals surface area contributed by atoms with Crippen LogP contribution in [0.1, 0.15) is 30.5 Å². The van der Waals surface area contributed by atoms with E-state index in [1.54, 1.807) is 25.4 Å². The van der Waals surface area contributed by atoms with Crippen molar-refractivity contribution in [2.45, 2.75) is 26.2 Å². The third-order valence-corrected chi connectivity index (χ3v) is 6.58. The second-order valence-corrected chi connectivity index (χ2v) is 9.53. The van der Waals surface area contributed by atoms with Crippen molar-refractivity contribution in [1.29, 1.82) is 0 Å². The molecule has 6 nitrogen and oxygen atoms in total. The van der Waals surface area contributed by atoms with Gasteiger partial charge in [0.1, 0.15) is 0 Å². The van der Waals surface area contributed by atoms with Gasteiger partial charge >= 0.3 is 0 Å². The Morgan fingerprint density at radius 1 is 1.00 bits per heavy atom. The van der Waals surface area contributed by atoms with E-state index in [-0.39, 0.29) is 11.3 Å². The summed E-state index contributed by atoms with van der Waals surface area (Å²) in [6.07, 6.45) is 4.14. The SMILES string of the molecule is CC1=NN(c2ccc(Cc3ccccc3)c(-c3cccnc3)c2)C(=O)C1C(=O)Nc1cccc(C(C)(F)F)c1. The molecule has 0 spiro atoms. The lowest BCUT2D eigenvalue weighted by Crippen LogP contribution is -2.36. The Hall–Kier alpha value is -4.72. The maximum absolute atomic E-state index is 13.7. The molecule has 8 heteroatoms. The highest BCUT2D eigenvalue weighted by Crippen LogP contribution is 2.33. The molecule has 196 valence electrons. The minimum Gasteiger partial charge on any atom is -0.325 e. The minimum atomic E-state index is -3.06. The van der Waals surface area contributed by atoms with Crippen LogP contribution in [0, 0.1) is 5.92 Å². The zero-order valence-corrected chi connectivity index (χ0v) is 21.4. The zero-order chi connectivity index (χ0) is 27.6. The van der Waals surface area contributed by atoms with E-state index in [0.717, 1.165) is 29.2 Å². The number of carbonyl (C=O) groups is 2. The quantitative estimate of drug-likeness (QED) is 0.283. The van der Waals surface area contributed by atoms with Gasteiger partial charge in [0.2, 0.25) is 5.91 Å². The van der Waals surface area contributed by atoms with Crippen molar-refractivity contribution >= 4 is 28.9 Å². The van der Waals surface area contributed by atoms with E-state index in [9.17, 15) is 18.4 Å². The molecule has 1 N–H and O–H groups in total. The minimum absolute atomic E-state index is 0.183. The first-order valence-electron chi connectivity index (χ1n) is 12.5. The normalized spacial score (nSPS) is 15.3. The van der Waals surface area contributed by atoms with E-state index in [4.69, 9.17) is 0 Å². The van der Waals surface area contributed by atoms with Gasteiger partial charge in [-0.2, -0.15) is 10.1 Å². The highest BCUT2D eigenvalue weighted by atomic mass is 19.3. The number of halogens is 2. The number of hydrogen-bond acceptors (Lipinski definition) is 4. The number of aromatic nitrogens is 1. The number of benzene rings is 3. The second kappa shape index (κ2) is 10.6. The van der Waals surface area contributed by atoms with Gasteiger partial charge in [0.15, 0.2) is 5.92 Å². The van der Waals surface area contributed by atoms with Crippen LogP contribution in [-0.2, 0) is 21.9 Å². The van der Waals surface area contributed by atoms with Crippen molar-refractivity contribution in [3.8, 4) is 11.1 Å². The van der Waals surface area contributed by atoms with Gasteiger partial charge in [-0.05, 0) is 60.4 Å². The van der Waals surface area contributed by atoms with Crippen LogP contribution < -0.4 is 10.3 Å². The van der Waals surface area contributed by atoms with Gasteiger partial charge in [0.05, 0.1) is 11.4 Å². The molecule has 0 bridgehead atoms. The maximum Gasteiger partial charge on any atom is 0.270 e. The van der Waals surface area contributed by atoms with Crippen LogP contribution in [-0.4, -0.2) is 22.5 Å². The Labute approximate surface area is 225 Å². The molecule has 5 rings (SSSR count). The molecule has 1 unspecified atom stereocenters. The molecule has 0 saturated heterocycles. The number of amides is 2. The summed E-state index contributed by atoms with van der Waals surface area (Å²) in [6, 6.07) is 24.9. The van der Waals surface area contributed by atoms with Crippen LogP contribution >= 0.6 is 0 Å². The molecule has 1 aromatic heterocycles. The number of pyridine rings is 1. The van der Waals surface area contributed by atoms with Crippen LogP contribution in [0.25, 0.3) is 11.1 Å². The van der Waals surface area contributed by atoms with Gasteiger partial charge in [-0.3, -0.25) is 14.6 Å². The van der Waals surface area contributed by atoms with E-state index >= 15 is 0 Å². The van der Waals surface area contributed by atoms with Crippen LogP contribution in [0.15, 0.2) is 102 Å². The Morgan fingerprint density at radius 3 is 2.51 bits per heavy atom. The van der Waals surface area contributed by atoms with Crippen molar-refractivity contribution in [3.63, 3.8) is 0 Å². The molecular weight excluding hydrogens is 498 g/mol. The van der Waals surface area contributed by atoms with Gasteiger partial charge in [-0.15, -0.1) is 0 Å². The molecule has 1 aliphatic heterocycles. The van der Waals surface area contributed by atoms with Crippen LogP contribution in [0.4, 0.5) is 20.2 Å². The Morgan fingerprint density at radius 2 is 1.79 bits per heavy atom. The van der Waals surface area contributed by atoms with E-state index < -0.39 is 23.7 Å². The summed E-state index contributed by atoms with van der Waals surface area (Å²) in [6.45, 7) is 2.39. The van der Waals surface area contributed by atoms with Crippen LogP contribution in [0.5, 0.6) is 0 Å². The number of hydrazone groups is 1. The fourth-order valence-electron chi connectivity index (χ4n) is 4.59. The summed E-state index contributed by atoms with van der Waals surface area (Å²) >= 11 is 0. The van der Waals surface area contributed by atoms with E-state index in [2.05, 4.69) is 27.5 Å². The standard InChI is InChI=1S/C31H26F2N4O2/c1-20-28(29(38)35-25-12-6-11-24(17-25)31(2,32)33)30(39)37(36-20)26-14-13-22(16-21-8-4-3-5-9-21)27(18-26)23-10-7-15-34-19-23/h3-15,17-19,28H,16H2,1-2H3,(H,35,38). The average Bonchev–Trinajstić information content (AvgIpc) is 3.23. The van der Waals surface area contributed by atoms with E-state index in [0.29, 0.717) is 17.8 Å². The molecule has 39 heavy (non-hydrogen) atoms. The van der Waals surface area contributed by atoms with Crippen molar-refractivity contribution in [2.24, 2.45) is 11.0 Å². The van der Waals surface area contributed by atoms with Gasteiger partial charge in [0.25, 0.3) is 11.8 Å². The number of anilines is 2. The number of alkyl halides is 2. The molecule has 2 heterocycles. The van der Waals surface area contributed by atoms with Gasteiger partial charge in [-0.25, -0.2) is 8.78 Å². The molecule has 4 aromatic rings. The van der Waals surface area contributed by atoms with Crippen molar-refractivity contribution in [1.82, 2.24) is 4.98 Å².